The highest BCUT2D eigenvalue weighted by Gasteiger charge is 2.34. The zero-order valence-electron chi connectivity index (χ0n) is 18.0. The van der Waals surface area contributed by atoms with Crippen molar-refractivity contribution in [1.82, 2.24) is 20.4 Å². The fraction of sp³-hybridized carbons (Fsp3) is 0.571. The van der Waals surface area contributed by atoms with E-state index in [0.29, 0.717) is 37.8 Å². The number of carbonyl (C=O) groups is 3. The van der Waals surface area contributed by atoms with Crippen LogP contribution in [0.3, 0.4) is 0 Å². The standard InChI is InChI=1S/C21H31ClN4O4/c1-5-30-20(28)18(16-6-8-17(22)9-7-16)26-12-10-25(11-13-26)15(4)19(27)24-21(29)23-14(2)3/h6-9,14-15,18H,5,10-13H2,1-4H3,(H2,23,24,27,29)/t15-,18-/m1/s1. The summed E-state index contributed by atoms with van der Waals surface area (Å²) in [5.41, 5.74) is 0.822. The lowest BCUT2D eigenvalue weighted by Gasteiger charge is -2.40. The molecule has 2 rings (SSSR count). The second-order valence-corrected chi connectivity index (χ2v) is 8.01. The predicted molar refractivity (Wildman–Crippen MR) is 115 cm³/mol. The molecule has 0 aliphatic carbocycles. The topological polar surface area (TPSA) is 91.0 Å². The van der Waals surface area contributed by atoms with Crippen LogP contribution in [0.5, 0.6) is 0 Å². The summed E-state index contributed by atoms with van der Waals surface area (Å²) >= 11 is 5.99. The average Bonchev–Trinajstić information content (AvgIpc) is 2.69. The number of hydrogen-bond donors (Lipinski definition) is 2. The number of rotatable bonds is 7. The van der Waals surface area contributed by atoms with Crippen LogP contribution in [0.25, 0.3) is 0 Å². The number of esters is 1. The Morgan fingerprint density at radius 3 is 2.13 bits per heavy atom. The number of hydrogen-bond acceptors (Lipinski definition) is 6. The van der Waals surface area contributed by atoms with E-state index in [1.165, 1.54) is 0 Å². The minimum Gasteiger partial charge on any atom is -0.465 e. The van der Waals surface area contributed by atoms with Gasteiger partial charge in [-0.05, 0) is 45.4 Å². The maximum absolute atomic E-state index is 12.6. The molecule has 0 spiro atoms. The molecule has 2 atom stereocenters. The normalized spacial score (nSPS) is 17.3. The van der Waals surface area contributed by atoms with Gasteiger partial charge in [-0.25, -0.2) is 9.59 Å². The second kappa shape index (κ2) is 11.3. The number of piperazine rings is 1. The molecule has 0 saturated carbocycles. The van der Waals surface area contributed by atoms with Crippen molar-refractivity contribution in [2.75, 3.05) is 32.8 Å². The number of urea groups is 1. The molecule has 1 aromatic carbocycles. The summed E-state index contributed by atoms with van der Waals surface area (Å²) in [7, 11) is 0. The van der Waals surface area contributed by atoms with Gasteiger partial charge >= 0.3 is 12.0 Å². The summed E-state index contributed by atoms with van der Waals surface area (Å²) in [6, 6.07) is 5.66. The van der Waals surface area contributed by atoms with Crippen molar-refractivity contribution in [2.45, 2.75) is 45.8 Å². The number of carbonyl (C=O) groups excluding carboxylic acids is 3. The van der Waals surface area contributed by atoms with E-state index in [9.17, 15) is 14.4 Å². The number of nitrogens with zero attached hydrogens (tertiary/aromatic N) is 2. The SMILES string of the molecule is CCOC(=O)[C@@H](c1ccc(Cl)cc1)N1CCN([C@H](C)C(=O)NC(=O)NC(C)C)CC1. The fourth-order valence-electron chi connectivity index (χ4n) is 3.43. The molecule has 0 radical (unpaired) electrons. The summed E-state index contributed by atoms with van der Waals surface area (Å²) < 4.78 is 5.29. The van der Waals surface area contributed by atoms with Crippen molar-refractivity contribution in [3.05, 3.63) is 34.9 Å². The molecule has 166 valence electrons. The van der Waals surface area contributed by atoms with Crippen molar-refractivity contribution in [1.29, 1.82) is 0 Å². The van der Waals surface area contributed by atoms with Gasteiger partial charge in [0.2, 0.25) is 5.91 Å². The van der Waals surface area contributed by atoms with Gasteiger partial charge in [0.15, 0.2) is 0 Å². The van der Waals surface area contributed by atoms with Gasteiger partial charge < -0.3 is 10.1 Å². The van der Waals surface area contributed by atoms with Crippen LogP contribution in [0.1, 0.15) is 39.3 Å². The van der Waals surface area contributed by atoms with E-state index in [4.69, 9.17) is 16.3 Å². The van der Waals surface area contributed by atoms with E-state index >= 15 is 0 Å². The van der Waals surface area contributed by atoms with Gasteiger partial charge in [0.1, 0.15) is 6.04 Å². The lowest BCUT2D eigenvalue weighted by molar-refractivity contribution is -0.151. The number of nitrogens with one attached hydrogen (secondary N) is 2. The largest absolute Gasteiger partial charge is 0.465 e. The van der Waals surface area contributed by atoms with Crippen LogP contribution in [-0.2, 0) is 14.3 Å². The summed E-state index contributed by atoms with van der Waals surface area (Å²) in [6.07, 6.45) is 0. The average molecular weight is 439 g/mol. The van der Waals surface area contributed by atoms with Crippen LogP contribution >= 0.6 is 11.6 Å². The van der Waals surface area contributed by atoms with Crippen LogP contribution < -0.4 is 10.6 Å². The Morgan fingerprint density at radius 1 is 1.03 bits per heavy atom. The zero-order valence-corrected chi connectivity index (χ0v) is 18.7. The van der Waals surface area contributed by atoms with Crippen molar-refractivity contribution in [3.8, 4) is 0 Å². The van der Waals surface area contributed by atoms with E-state index < -0.39 is 18.1 Å². The predicted octanol–water partition coefficient (Wildman–Crippen LogP) is 2.18. The molecule has 30 heavy (non-hydrogen) atoms. The highest BCUT2D eigenvalue weighted by molar-refractivity contribution is 6.30. The van der Waals surface area contributed by atoms with Crippen LogP contribution in [0.2, 0.25) is 5.02 Å². The first-order valence-corrected chi connectivity index (χ1v) is 10.6. The summed E-state index contributed by atoms with van der Waals surface area (Å²) in [5, 5.41) is 5.62. The van der Waals surface area contributed by atoms with Crippen LogP contribution in [0.4, 0.5) is 4.79 Å². The van der Waals surface area contributed by atoms with Gasteiger partial charge in [-0.1, -0.05) is 23.7 Å². The summed E-state index contributed by atoms with van der Waals surface area (Å²) in [5.74, 6) is -0.648. The highest BCUT2D eigenvalue weighted by atomic mass is 35.5. The van der Waals surface area contributed by atoms with E-state index in [2.05, 4.69) is 10.6 Å². The lowest BCUT2D eigenvalue weighted by Crippen LogP contribution is -2.56. The molecule has 0 unspecified atom stereocenters. The molecule has 1 heterocycles. The molecule has 2 N–H and O–H groups in total. The summed E-state index contributed by atoms with van der Waals surface area (Å²) in [6.45, 7) is 9.86. The van der Waals surface area contributed by atoms with Crippen molar-refractivity contribution < 1.29 is 19.1 Å². The third-order valence-corrected chi connectivity index (χ3v) is 5.25. The first-order valence-electron chi connectivity index (χ1n) is 10.2. The van der Waals surface area contributed by atoms with Gasteiger partial charge in [0.05, 0.1) is 12.6 Å². The maximum atomic E-state index is 12.6. The molecule has 9 heteroatoms. The minimum atomic E-state index is -0.523. The third-order valence-electron chi connectivity index (χ3n) is 4.99. The van der Waals surface area contributed by atoms with E-state index in [1.807, 2.05) is 35.8 Å². The Hall–Kier alpha value is -2.16. The van der Waals surface area contributed by atoms with Gasteiger partial charge in [0, 0.05) is 37.2 Å². The number of benzene rings is 1. The molecule has 0 bridgehead atoms. The number of halogens is 1. The minimum absolute atomic E-state index is 0.0515. The fourth-order valence-corrected chi connectivity index (χ4v) is 3.55. The lowest BCUT2D eigenvalue weighted by atomic mass is 10.0. The van der Waals surface area contributed by atoms with E-state index in [0.717, 1.165) is 5.56 Å². The first kappa shape index (κ1) is 24.1. The molecule has 1 aliphatic rings. The monoisotopic (exact) mass is 438 g/mol. The molecule has 1 aromatic rings. The molecule has 3 amide bonds. The first-order chi connectivity index (χ1) is 14.2. The van der Waals surface area contributed by atoms with Gasteiger partial charge in [-0.3, -0.25) is 19.9 Å². The highest BCUT2D eigenvalue weighted by Crippen LogP contribution is 2.25. The van der Waals surface area contributed by atoms with Crippen molar-refractivity contribution in [3.63, 3.8) is 0 Å². The Balaban J connectivity index is 2.00. The summed E-state index contributed by atoms with van der Waals surface area (Å²) in [4.78, 5) is 40.9. The van der Waals surface area contributed by atoms with Crippen LogP contribution in [0, 0.1) is 0 Å². The molecule has 1 aliphatic heterocycles. The van der Waals surface area contributed by atoms with Crippen molar-refractivity contribution in [2.24, 2.45) is 0 Å². The number of ether oxygens (including phenoxy) is 1. The molecular formula is C21H31ClN4O4. The Morgan fingerprint density at radius 2 is 1.60 bits per heavy atom. The van der Waals surface area contributed by atoms with E-state index in [-0.39, 0.29) is 17.9 Å². The second-order valence-electron chi connectivity index (χ2n) is 7.57. The zero-order chi connectivity index (χ0) is 22.3. The molecular weight excluding hydrogens is 408 g/mol. The smallest absolute Gasteiger partial charge is 0.328 e. The molecule has 1 saturated heterocycles. The van der Waals surface area contributed by atoms with Gasteiger partial charge in [-0.2, -0.15) is 0 Å². The molecule has 1 fully saturated rings. The number of imide groups is 1. The Kier molecular flexibility index (Phi) is 9.08. The van der Waals surface area contributed by atoms with Gasteiger partial charge in [0.25, 0.3) is 0 Å². The van der Waals surface area contributed by atoms with Crippen molar-refractivity contribution >= 4 is 29.5 Å². The molecule has 8 nitrogen and oxygen atoms in total. The quantitative estimate of drug-likeness (QED) is 0.634. The maximum Gasteiger partial charge on any atom is 0.328 e. The van der Waals surface area contributed by atoms with E-state index in [1.54, 1.807) is 26.0 Å². The molecule has 0 aromatic heterocycles. The number of amides is 3. The van der Waals surface area contributed by atoms with Crippen LogP contribution in [-0.4, -0.2) is 72.6 Å². The van der Waals surface area contributed by atoms with Crippen LogP contribution in [0.15, 0.2) is 24.3 Å². The Bertz CT molecular complexity index is 733. The van der Waals surface area contributed by atoms with Gasteiger partial charge in [-0.15, -0.1) is 0 Å². The third kappa shape index (κ3) is 6.68. The Labute approximate surface area is 182 Å².